The lowest BCUT2D eigenvalue weighted by Gasteiger charge is -2.28. The van der Waals surface area contributed by atoms with Crippen molar-refractivity contribution in [1.82, 2.24) is 19.8 Å². The van der Waals surface area contributed by atoms with Crippen LogP contribution in [0.25, 0.3) is 0 Å². The van der Waals surface area contributed by atoms with Gasteiger partial charge < -0.3 is 10.4 Å². The van der Waals surface area contributed by atoms with Crippen LogP contribution in [-0.4, -0.2) is 48.5 Å². The van der Waals surface area contributed by atoms with Gasteiger partial charge in [0, 0.05) is 13.1 Å². The van der Waals surface area contributed by atoms with Crippen LogP contribution < -0.4 is 10.0 Å². The minimum absolute atomic E-state index is 0.145. The van der Waals surface area contributed by atoms with E-state index in [0.717, 1.165) is 6.42 Å². The van der Waals surface area contributed by atoms with Crippen molar-refractivity contribution in [3.63, 3.8) is 0 Å². The van der Waals surface area contributed by atoms with Crippen molar-refractivity contribution in [3.8, 4) is 0 Å². The first-order valence-corrected chi connectivity index (χ1v) is 7.96. The molecule has 0 aromatic carbocycles. The van der Waals surface area contributed by atoms with Crippen LogP contribution in [0.2, 0.25) is 0 Å². The molecule has 1 fully saturated rings. The zero-order valence-corrected chi connectivity index (χ0v) is 11.7. The number of hydrogen-bond donors (Lipinski definition) is 3. The number of aromatic nitrogens is 2. The lowest BCUT2D eigenvalue weighted by molar-refractivity contribution is 0.109. The number of aliphatic hydroxyl groups excluding tert-OH is 1. The first-order chi connectivity index (χ1) is 9.04. The van der Waals surface area contributed by atoms with Gasteiger partial charge >= 0.3 is 0 Å². The van der Waals surface area contributed by atoms with Gasteiger partial charge in [0.2, 0.25) is 0 Å². The van der Waals surface area contributed by atoms with Crippen LogP contribution in [0.1, 0.15) is 19.8 Å². The van der Waals surface area contributed by atoms with E-state index in [1.165, 1.54) is 16.9 Å². The molecule has 2 rings (SSSR count). The average Bonchev–Trinajstić information content (AvgIpc) is 2.81. The SMILES string of the molecule is CCCn1nccc1S(=O)(=O)N[C@H]1CNCC[C@H]1O. The molecule has 0 bridgehead atoms. The van der Waals surface area contributed by atoms with E-state index in [9.17, 15) is 13.5 Å². The van der Waals surface area contributed by atoms with Crippen LogP contribution in [0.4, 0.5) is 0 Å². The van der Waals surface area contributed by atoms with Crippen LogP contribution in [0.5, 0.6) is 0 Å². The lowest BCUT2D eigenvalue weighted by Crippen LogP contribution is -2.53. The van der Waals surface area contributed by atoms with Gasteiger partial charge in [-0.2, -0.15) is 5.10 Å². The van der Waals surface area contributed by atoms with Crippen LogP contribution in [0.15, 0.2) is 17.3 Å². The van der Waals surface area contributed by atoms with E-state index in [2.05, 4.69) is 15.1 Å². The number of nitrogens with one attached hydrogen (secondary N) is 2. The smallest absolute Gasteiger partial charge is 0.258 e. The number of aryl methyl sites for hydroxylation is 1. The number of rotatable bonds is 5. The fraction of sp³-hybridized carbons (Fsp3) is 0.727. The van der Waals surface area contributed by atoms with Crippen LogP contribution in [-0.2, 0) is 16.6 Å². The van der Waals surface area contributed by atoms with Gasteiger partial charge in [-0.15, -0.1) is 0 Å². The molecule has 2 atom stereocenters. The first kappa shape index (κ1) is 14.4. The molecule has 0 radical (unpaired) electrons. The summed E-state index contributed by atoms with van der Waals surface area (Å²) in [7, 11) is -3.65. The summed E-state index contributed by atoms with van der Waals surface area (Å²) in [5, 5.41) is 17.0. The molecule has 108 valence electrons. The Labute approximate surface area is 113 Å². The zero-order valence-electron chi connectivity index (χ0n) is 10.9. The maximum atomic E-state index is 12.3. The zero-order chi connectivity index (χ0) is 13.9. The molecule has 1 aromatic heterocycles. The molecule has 7 nitrogen and oxygen atoms in total. The second-order valence-corrected chi connectivity index (χ2v) is 6.34. The van der Waals surface area contributed by atoms with Gasteiger partial charge in [-0.05, 0) is 25.5 Å². The predicted octanol–water partition coefficient (Wildman–Crippen LogP) is -0.706. The van der Waals surface area contributed by atoms with Gasteiger partial charge in [0.1, 0.15) is 0 Å². The van der Waals surface area contributed by atoms with Crippen LogP contribution in [0, 0.1) is 0 Å². The van der Waals surface area contributed by atoms with Crippen molar-refractivity contribution >= 4 is 10.0 Å². The Kier molecular flexibility index (Phi) is 4.56. The van der Waals surface area contributed by atoms with Gasteiger partial charge in [-0.25, -0.2) is 13.1 Å². The van der Waals surface area contributed by atoms with Gasteiger partial charge in [0.15, 0.2) is 5.03 Å². The first-order valence-electron chi connectivity index (χ1n) is 6.47. The molecule has 19 heavy (non-hydrogen) atoms. The molecular formula is C11H20N4O3S. The maximum absolute atomic E-state index is 12.3. The summed E-state index contributed by atoms with van der Waals surface area (Å²) >= 11 is 0. The van der Waals surface area contributed by atoms with Gasteiger partial charge in [0.05, 0.1) is 18.3 Å². The Morgan fingerprint density at radius 3 is 3.11 bits per heavy atom. The fourth-order valence-electron chi connectivity index (χ4n) is 2.15. The number of hydrogen-bond acceptors (Lipinski definition) is 5. The molecule has 1 aromatic rings. The number of sulfonamides is 1. The van der Waals surface area contributed by atoms with E-state index in [1.54, 1.807) is 0 Å². The van der Waals surface area contributed by atoms with E-state index in [4.69, 9.17) is 0 Å². The predicted molar refractivity (Wildman–Crippen MR) is 70.1 cm³/mol. The molecular weight excluding hydrogens is 268 g/mol. The third-order valence-corrected chi connectivity index (χ3v) is 4.65. The minimum atomic E-state index is -3.65. The highest BCUT2D eigenvalue weighted by molar-refractivity contribution is 7.89. The van der Waals surface area contributed by atoms with Crippen molar-refractivity contribution in [2.24, 2.45) is 0 Å². The summed E-state index contributed by atoms with van der Waals surface area (Å²) in [6.45, 7) is 3.64. The quantitative estimate of drug-likeness (QED) is 0.665. The summed E-state index contributed by atoms with van der Waals surface area (Å²) < 4.78 is 28.6. The molecule has 0 spiro atoms. The number of piperidine rings is 1. The van der Waals surface area contributed by atoms with Gasteiger partial charge in [-0.1, -0.05) is 6.92 Å². The second-order valence-electron chi connectivity index (χ2n) is 4.68. The molecule has 1 aliphatic rings. The Morgan fingerprint density at radius 2 is 2.42 bits per heavy atom. The van der Waals surface area contributed by atoms with E-state index in [1.807, 2.05) is 6.92 Å². The highest BCUT2D eigenvalue weighted by atomic mass is 32.2. The monoisotopic (exact) mass is 288 g/mol. The minimum Gasteiger partial charge on any atom is -0.391 e. The Hall–Kier alpha value is -0.960. The summed E-state index contributed by atoms with van der Waals surface area (Å²) in [5.74, 6) is 0. The summed E-state index contributed by atoms with van der Waals surface area (Å²) in [5.41, 5.74) is 0. The van der Waals surface area contributed by atoms with E-state index >= 15 is 0 Å². The highest BCUT2D eigenvalue weighted by Crippen LogP contribution is 2.12. The number of aliphatic hydroxyl groups is 1. The normalized spacial score (nSPS) is 24.5. The molecule has 3 N–H and O–H groups in total. The highest BCUT2D eigenvalue weighted by Gasteiger charge is 2.29. The standard InChI is InChI=1S/C11H20N4O3S/c1-2-7-15-11(4-6-13-15)19(17,18)14-9-8-12-5-3-10(9)16/h4,6,9-10,12,14,16H,2-3,5,7-8H2,1H3/t9-,10+/m0/s1. The Morgan fingerprint density at radius 1 is 1.63 bits per heavy atom. The molecule has 2 heterocycles. The van der Waals surface area contributed by atoms with Crippen molar-refractivity contribution in [2.45, 2.75) is 43.5 Å². The average molecular weight is 288 g/mol. The third-order valence-electron chi connectivity index (χ3n) is 3.14. The van der Waals surface area contributed by atoms with E-state index in [0.29, 0.717) is 26.1 Å². The van der Waals surface area contributed by atoms with Gasteiger partial charge in [0.25, 0.3) is 10.0 Å². The van der Waals surface area contributed by atoms with Gasteiger partial charge in [-0.3, -0.25) is 4.68 Å². The van der Waals surface area contributed by atoms with Crippen LogP contribution in [0.3, 0.4) is 0 Å². The third kappa shape index (κ3) is 3.33. The maximum Gasteiger partial charge on any atom is 0.258 e. The lowest BCUT2D eigenvalue weighted by atomic mass is 10.1. The molecule has 0 amide bonds. The molecule has 8 heteroatoms. The summed E-state index contributed by atoms with van der Waals surface area (Å²) in [4.78, 5) is 0. The summed E-state index contributed by atoms with van der Waals surface area (Å²) in [6, 6.07) is 0.976. The van der Waals surface area contributed by atoms with Crippen molar-refractivity contribution in [1.29, 1.82) is 0 Å². The van der Waals surface area contributed by atoms with Crippen LogP contribution >= 0.6 is 0 Å². The Bertz CT molecular complexity index is 514. The number of nitrogens with zero attached hydrogens (tertiary/aromatic N) is 2. The van der Waals surface area contributed by atoms with Crippen molar-refractivity contribution in [2.75, 3.05) is 13.1 Å². The fourth-order valence-corrected chi connectivity index (χ4v) is 3.57. The van der Waals surface area contributed by atoms with E-state index < -0.39 is 22.2 Å². The summed E-state index contributed by atoms with van der Waals surface area (Å²) in [6.07, 6.45) is 2.16. The molecule has 1 saturated heterocycles. The molecule has 1 aliphatic heterocycles. The van der Waals surface area contributed by atoms with Crippen molar-refractivity contribution in [3.05, 3.63) is 12.3 Å². The molecule has 0 aliphatic carbocycles. The largest absolute Gasteiger partial charge is 0.391 e. The topological polar surface area (TPSA) is 96.2 Å². The molecule has 0 unspecified atom stereocenters. The van der Waals surface area contributed by atoms with Crippen molar-refractivity contribution < 1.29 is 13.5 Å². The molecule has 0 saturated carbocycles. The van der Waals surface area contributed by atoms with E-state index in [-0.39, 0.29) is 5.03 Å². The Balaban J connectivity index is 2.15. The second kappa shape index (κ2) is 6.00.